The van der Waals surface area contributed by atoms with Gasteiger partial charge in [-0.3, -0.25) is 14.4 Å². The Labute approximate surface area is 211 Å². The summed E-state index contributed by atoms with van der Waals surface area (Å²) in [5.41, 5.74) is 0.636. The summed E-state index contributed by atoms with van der Waals surface area (Å²) < 4.78 is 30.8. The summed E-state index contributed by atoms with van der Waals surface area (Å²) in [5.74, 6) is -2.65. The average Bonchev–Trinajstić information content (AvgIpc) is 2.82. The first-order valence-electron chi connectivity index (χ1n) is 11.2. The predicted molar refractivity (Wildman–Crippen MR) is 131 cm³/mol. The van der Waals surface area contributed by atoms with Crippen molar-refractivity contribution in [1.29, 1.82) is 0 Å². The smallest absolute Gasteiger partial charge is 0.419 e. The van der Waals surface area contributed by atoms with Crippen LogP contribution in [-0.4, -0.2) is 51.9 Å². The van der Waals surface area contributed by atoms with Crippen LogP contribution in [0.1, 0.15) is 34.1 Å². The molecule has 1 aliphatic rings. The zero-order valence-corrected chi connectivity index (χ0v) is 21.2. The first kappa shape index (κ1) is 28.6. The van der Waals surface area contributed by atoms with Gasteiger partial charge >= 0.3 is 12.1 Å². The zero-order chi connectivity index (χ0) is 27.0. The molecule has 0 saturated carbocycles. The molecule has 0 fully saturated rings. The number of rotatable bonds is 7. The first-order chi connectivity index (χ1) is 17.0. The van der Waals surface area contributed by atoms with Gasteiger partial charge in [-0.05, 0) is 37.1 Å². The number of alkyl halides is 1. The molecular weight excluding hydrogens is 491 g/mol. The summed E-state index contributed by atoms with van der Waals surface area (Å²) in [6.45, 7) is 6.27. The fourth-order valence-electron chi connectivity index (χ4n) is 3.10. The Bertz CT molecular complexity index is 1100. The molecule has 0 aliphatic carbocycles. The van der Waals surface area contributed by atoms with Gasteiger partial charge in [-0.15, -0.1) is 0 Å². The largest absolute Gasteiger partial charge is 0.481 e. The Kier molecular flexibility index (Phi) is 10.3. The van der Waals surface area contributed by atoms with Gasteiger partial charge in [-0.1, -0.05) is 45.0 Å². The number of carbonyl (C=O) groups excluding carboxylic acids is 3. The lowest BCUT2D eigenvalue weighted by molar-refractivity contribution is -0.141. The number of carboxylic acids is 1. The third kappa shape index (κ3) is 7.20. The number of fused-ring (bicyclic) bond motifs is 2. The van der Waals surface area contributed by atoms with Crippen molar-refractivity contribution >= 4 is 45.9 Å². The van der Waals surface area contributed by atoms with E-state index in [2.05, 4.69) is 26.1 Å². The summed E-state index contributed by atoms with van der Waals surface area (Å²) in [5, 5.41) is 11.0. The molecule has 2 N–H and O–H groups in total. The maximum atomic E-state index is 13.0. The number of anilines is 2. The van der Waals surface area contributed by atoms with Gasteiger partial charge in [0.15, 0.2) is 11.9 Å². The van der Waals surface area contributed by atoms with Gasteiger partial charge in [-0.25, -0.2) is 18.3 Å². The molecule has 2 amide bonds. The number of amides is 2. The number of Topliss-reactive ketones (excluding diaryl/α,β-unsaturated/α-hetero) is 1. The first-order valence-corrected chi connectivity index (χ1v) is 12.3. The molecule has 2 unspecified atom stereocenters. The molecule has 11 heteroatoms. The van der Waals surface area contributed by atoms with Crippen LogP contribution in [0, 0.1) is 5.92 Å². The van der Waals surface area contributed by atoms with Crippen molar-refractivity contribution in [2.24, 2.45) is 5.92 Å². The molecule has 0 radical (unpaired) electrons. The molecule has 1 heterocycles. The highest BCUT2D eigenvalue weighted by Gasteiger charge is 2.34. The van der Waals surface area contributed by atoms with Crippen LogP contribution in [0.15, 0.2) is 58.3 Å². The Balaban J connectivity index is 0.00000106. The molecule has 1 aliphatic heterocycles. The molecular formula is C25H29FN2O7S. The lowest BCUT2D eigenvalue weighted by atomic mass is 10.1. The maximum absolute atomic E-state index is 13.0. The zero-order valence-electron chi connectivity index (χ0n) is 20.4. The Morgan fingerprint density at radius 1 is 0.972 bits per heavy atom. The minimum atomic E-state index is -1.59. The van der Waals surface area contributed by atoms with Crippen LogP contribution in [0.25, 0.3) is 0 Å². The van der Waals surface area contributed by atoms with Crippen molar-refractivity contribution in [3.05, 3.63) is 48.5 Å². The van der Waals surface area contributed by atoms with Crippen molar-refractivity contribution < 1.29 is 37.6 Å². The van der Waals surface area contributed by atoms with E-state index in [0.29, 0.717) is 21.2 Å². The topological polar surface area (TPSA) is 130 Å². The summed E-state index contributed by atoms with van der Waals surface area (Å²) in [6, 6.07) is 11.4. The number of halogens is 1. The number of ether oxygens (including phenoxy) is 1. The number of nitrogens with zero attached hydrogens (tertiary/aromatic N) is 1. The lowest BCUT2D eigenvalue weighted by Crippen LogP contribution is -2.48. The van der Waals surface area contributed by atoms with Crippen molar-refractivity contribution in [3.63, 3.8) is 0 Å². The number of carboxylic acid groups (broad SMARTS) is 1. The Hall–Kier alpha value is -3.60. The highest BCUT2D eigenvalue weighted by Crippen LogP contribution is 2.42. The number of carbonyl (C=O) groups is 4. The fraction of sp³-hybridized carbons (Fsp3) is 0.360. The quantitative estimate of drug-likeness (QED) is 0.565. The van der Waals surface area contributed by atoms with Crippen molar-refractivity contribution in [3.8, 4) is 0 Å². The number of hydrogen-bond donors (Lipinski definition) is 2. The lowest BCUT2D eigenvalue weighted by Gasteiger charge is -2.31. The molecule has 2 aromatic carbocycles. The summed E-state index contributed by atoms with van der Waals surface area (Å²) in [6.07, 6.45) is -3.19. The normalized spacial score (nSPS) is 13.9. The van der Waals surface area contributed by atoms with E-state index < -0.39 is 59.8 Å². The average molecular weight is 521 g/mol. The van der Waals surface area contributed by atoms with Crippen LogP contribution in [0.3, 0.4) is 0 Å². The number of nitrogens with one attached hydrogen (secondary N) is 1. The number of hydrogen-bond acceptors (Lipinski definition) is 6. The van der Waals surface area contributed by atoms with E-state index in [1.54, 1.807) is 48.5 Å². The van der Waals surface area contributed by atoms with Crippen molar-refractivity contribution in [1.82, 2.24) is 5.32 Å². The van der Waals surface area contributed by atoms with Crippen LogP contribution in [-0.2, 0) is 29.9 Å². The summed E-state index contributed by atoms with van der Waals surface area (Å²) >= 11 is 0. The van der Waals surface area contributed by atoms with E-state index >= 15 is 0 Å². The molecule has 2 aromatic rings. The highest BCUT2D eigenvalue weighted by molar-refractivity contribution is 7.85. The van der Waals surface area contributed by atoms with E-state index in [1.165, 1.54) is 11.8 Å². The van der Waals surface area contributed by atoms with Crippen LogP contribution in [0.2, 0.25) is 0 Å². The maximum Gasteiger partial charge on any atom is 0.419 e. The van der Waals surface area contributed by atoms with E-state index in [1.807, 2.05) is 0 Å². The standard InChI is InChI=1S/C21H19FN2O7S.C4H10/c1-12(20(28)23-13(10-19(26)27)16(25)11-22)31-21(29)24-14-6-2-4-8-17(14)32(30)18-9-5-3-7-15(18)24;1-4(2)3/h2-9,12-13H,10-11H2,1H3,(H,23,28)(H,26,27);4H,1-3H3. The van der Waals surface area contributed by atoms with E-state index in [4.69, 9.17) is 9.84 Å². The second kappa shape index (κ2) is 12.9. The van der Waals surface area contributed by atoms with E-state index in [-0.39, 0.29) is 0 Å². The van der Waals surface area contributed by atoms with Crippen LogP contribution >= 0.6 is 0 Å². The molecule has 9 nitrogen and oxygen atoms in total. The molecule has 194 valence electrons. The molecule has 0 spiro atoms. The highest BCUT2D eigenvalue weighted by atomic mass is 32.2. The number of aliphatic carboxylic acids is 1. The molecule has 36 heavy (non-hydrogen) atoms. The fourth-order valence-corrected chi connectivity index (χ4v) is 4.44. The van der Waals surface area contributed by atoms with Gasteiger partial charge in [0.2, 0.25) is 0 Å². The van der Waals surface area contributed by atoms with Gasteiger partial charge in [0.1, 0.15) is 12.7 Å². The second-order valence-corrected chi connectivity index (χ2v) is 9.97. The van der Waals surface area contributed by atoms with Gasteiger partial charge in [-0.2, -0.15) is 0 Å². The van der Waals surface area contributed by atoms with Crippen molar-refractivity contribution in [2.45, 2.75) is 56.1 Å². The van der Waals surface area contributed by atoms with Gasteiger partial charge in [0.05, 0.1) is 38.4 Å². The van der Waals surface area contributed by atoms with Gasteiger partial charge < -0.3 is 15.2 Å². The van der Waals surface area contributed by atoms with E-state index in [9.17, 15) is 27.8 Å². The summed E-state index contributed by atoms with van der Waals surface area (Å²) in [7, 11) is -1.53. The molecule has 0 aromatic heterocycles. The molecule has 3 rings (SSSR count). The summed E-state index contributed by atoms with van der Waals surface area (Å²) in [4.78, 5) is 49.8. The molecule has 2 atom stereocenters. The minimum Gasteiger partial charge on any atom is -0.481 e. The SMILES string of the molecule is CC(C)C.CC(OC(=O)N1c2ccccc2S(=O)c2ccccc21)C(=O)NC(CC(=O)O)C(=O)CF. The van der Waals surface area contributed by atoms with Crippen LogP contribution in [0.5, 0.6) is 0 Å². The molecule has 0 saturated heterocycles. The van der Waals surface area contributed by atoms with Gasteiger partial charge in [0.25, 0.3) is 5.91 Å². The molecule has 0 bridgehead atoms. The third-order valence-corrected chi connectivity index (χ3v) is 6.15. The number of ketones is 1. The number of para-hydroxylation sites is 2. The van der Waals surface area contributed by atoms with E-state index in [0.717, 1.165) is 5.92 Å². The second-order valence-electron chi connectivity index (χ2n) is 8.56. The van der Waals surface area contributed by atoms with Crippen LogP contribution in [0.4, 0.5) is 20.6 Å². The number of benzene rings is 2. The Morgan fingerprint density at radius 3 is 1.89 bits per heavy atom. The van der Waals surface area contributed by atoms with Crippen molar-refractivity contribution in [2.75, 3.05) is 11.6 Å². The monoisotopic (exact) mass is 520 g/mol. The minimum absolute atomic E-state index is 0.318. The van der Waals surface area contributed by atoms with Gasteiger partial charge in [0, 0.05) is 0 Å². The Morgan fingerprint density at radius 2 is 1.44 bits per heavy atom. The van der Waals surface area contributed by atoms with Crippen LogP contribution < -0.4 is 10.2 Å². The third-order valence-electron chi connectivity index (χ3n) is 4.66. The predicted octanol–water partition coefficient (Wildman–Crippen LogP) is 3.99.